The SMILES string of the molecule is CNC(=O)C12CCCCN(C(=O)CC(C)C)CCOc3ccccc3C(=O)N(CC1)CC2. The number of fused-ring (bicyclic) bond motifs is 9. The van der Waals surface area contributed by atoms with Gasteiger partial charge in [-0.15, -0.1) is 0 Å². The van der Waals surface area contributed by atoms with Crippen molar-refractivity contribution in [3.8, 4) is 5.75 Å². The van der Waals surface area contributed by atoms with Gasteiger partial charge in [-0.3, -0.25) is 14.4 Å². The predicted octanol–water partition coefficient (Wildman–Crippen LogP) is 3.09. The average Bonchev–Trinajstić information content (AvgIpc) is 2.80. The van der Waals surface area contributed by atoms with Crippen molar-refractivity contribution in [3.63, 3.8) is 0 Å². The van der Waals surface area contributed by atoms with Gasteiger partial charge >= 0.3 is 0 Å². The van der Waals surface area contributed by atoms with E-state index in [2.05, 4.69) is 5.32 Å². The van der Waals surface area contributed by atoms with Crippen molar-refractivity contribution in [3.05, 3.63) is 29.8 Å². The molecule has 1 fully saturated rings. The second-order valence-electron chi connectivity index (χ2n) is 9.43. The number of rotatable bonds is 3. The normalized spacial score (nSPS) is 19.6. The van der Waals surface area contributed by atoms with E-state index in [4.69, 9.17) is 4.74 Å². The summed E-state index contributed by atoms with van der Waals surface area (Å²) in [5.41, 5.74) is 0.0870. The molecule has 1 aromatic carbocycles. The highest BCUT2D eigenvalue weighted by Gasteiger charge is 2.41. The topological polar surface area (TPSA) is 79.0 Å². The number of amides is 3. The molecule has 4 rings (SSSR count). The van der Waals surface area contributed by atoms with Crippen LogP contribution >= 0.6 is 0 Å². The van der Waals surface area contributed by atoms with Crippen LogP contribution in [0.4, 0.5) is 0 Å². The second-order valence-corrected chi connectivity index (χ2v) is 9.43. The highest BCUT2D eigenvalue weighted by molar-refractivity contribution is 5.97. The van der Waals surface area contributed by atoms with Crippen LogP contribution in [0.2, 0.25) is 0 Å². The minimum atomic E-state index is -0.450. The molecule has 1 saturated heterocycles. The molecule has 0 saturated carbocycles. The highest BCUT2D eigenvalue weighted by Crippen LogP contribution is 2.38. The van der Waals surface area contributed by atoms with E-state index in [-0.39, 0.29) is 17.7 Å². The van der Waals surface area contributed by atoms with Crippen LogP contribution in [0.1, 0.15) is 62.7 Å². The molecule has 1 N–H and O–H groups in total. The molecule has 3 aliphatic heterocycles. The Bertz CT molecular complexity index is 815. The zero-order valence-electron chi connectivity index (χ0n) is 19.7. The summed E-state index contributed by atoms with van der Waals surface area (Å²) in [5.74, 6) is 0.968. The number of hydrogen-bond donors (Lipinski definition) is 1. The van der Waals surface area contributed by atoms with Gasteiger partial charge in [0.2, 0.25) is 11.8 Å². The van der Waals surface area contributed by atoms with Gasteiger partial charge in [-0.2, -0.15) is 0 Å². The van der Waals surface area contributed by atoms with Crippen LogP contribution in [0.5, 0.6) is 5.75 Å². The number of nitrogens with zero attached hydrogens (tertiary/aromatic N) is 2. The molecular formula is C25H37N3O4. The molecule has 32 heavy (non-hydrogen) atoms. The summed E-state index contributed by atoms with van der Waals surface area (Å²) >= 11 is 0. The quantitative estimate of drug-likeness (QED) is 0.779. The van der Waals surface area contributed by atoms with Gasteiger partial charge in [-0.25, -0.2) is 0 Å². The van der Waals surface area contributed by atoms with E-state index in [0.29, 0.717) is 69.3 Å². The summed E-state index contributed by atoms with van der Waals surface area (Å²) in [6, 6.07) is 7.29. The number of carbonyl (C=O) groups is 3. The molecule has 3 heterocycles. The van der Waals surface area contributed by atoms with Crippen LogP contribution < -0.4 is 10.1 Å². The van der Waals surface area contributed by atoms with Crippen molar-refractivity contribution >= 4 is 17.7 Å². The molecular weight excluding hydrogens is 406 g/mol. The van der Waals surface area contributed by atoms with E-state index in [1.165, 1.54) is 0 Å². The largest absolute Gasteiger partial charge is 0.491 e. The van der Waals surface area contributed by atoms with E-state index in [1.807, 2.05) is 41.8 Å². The average molecular weight is 444 g/mol. The maximum absolute atomic E-state index is 13.2. The lowest BCUT2D eigenvalue weighted by Gasteiger charge is -2.40. The van der Waals surface area contributed by atoms with Crippen LogP contribution in [0.15, 0.2) is 24.3 Å². The van der Waals surface area contributed by atoms with E-state index < -0.39 is 5.41 Å². The van der Waals surface area contributed by atoms with E-state index in [9.17, 15) is 14.4 Å². The summed E-state index contributed by atoms with van der Waals surface area (Å²) in [6.07, 6.45) is 4.30. The van der Waals surface area contributed by atoms with Crippen molar-refractivity contribution in [2.45, 2.75) is 52.4 Å². The van der Waals surface area contributed by atoms with Gasteiger partial charge in [0.25, 0.3) is 5.91 Å². The maximum Gasteiger partial charge on any atom is 0.257 e. The lowest BCUT2D eigenvalue weighted by molar-refractivity contribution is -0.134. The number of para-hydroxylation sites is 1. The molecule has 0 atom stereocenters. The third-order valence-corrected chi connectivity index (χ3v) is 6.72. The fraction of sp³-hybridized carbons (Fsp3) is 0.640. The second kappa shape index (κ2) is 10.8. The van der Waals surface area contributed by atoms with Gasteiger partial charge in [-0.1, -0.05) is 32.4 Å². The monoisotopic (exact) mass is 443 g/mol. The van der Waals surface area contributed by atoms with E-state index in [1.54, 1.807) is 13.1 Å². The van der Waals surface area contributed by atoms with Crippen molar-refractivity contribution in [2.24, 2.45) is 11.3 Å². The zero-order valence-corrected chi connectivity index (χ0v) is 19.7. The fourth-order valence-electron chi connectivity index (χ4n) is 4.80. The number of hydrogen-bond acceptors (Lipinski definition) is 4. The third kappa shape index (κ3) is 5.61. The van der Waals surface area contributed by atoms with Crippen LogP contribution in [0.3, 0.4) is 0 Å². The first kappa shape index (κ1) is 24.1. The highest BCUT2D eigenvalue weighted by atomic mass is 16.5. The molecule has 176 valence electrons. The van der Waals surface area contributed by atoms with Gasteiger partial charge in [-0.05, 0) is 43.7 Å². The number of nitrogens with one attached hydrogen (secondary N) is 1. The van der Waals surface area contributed by atoms with Crippen LogP contribution in [0.25, 0.3) is 0 Å². The summed E-state index contributed by atoms with van der Waals surface area (Å²) in [7, 11) is 1.68. The molecule has 3 aliphatic rings. The van der Waals surface area contributed by atoms with Gasteiger partial charge in [0.1, 0.15) is 12.4 Å². The molecule has 1 aromatic rings. The van der Waals surface area contributed by atoms with Crippen molar-refractivity contribution in [2.75, 3.05) is 39.8 Å². The first-order valence-corrected chi connectivity index (χ1v) is 11.9. The molecule has 7 nitrogen and oxygen atoms in total. The van der Waals surface area contributed by atoms with E-state index in [0.717, 1.165) is 19.3 Å². The lowest BCUT2D eigenvalue weighted by atomic mass is 9.73. The first-order valence-electron chi connectivity index (χ1n) is 11.9. The van der Waals surface area contributed by atoms with Crippen LogP contribution in [-0.4, -0.2) is 67.4 Å². The smallest absolute Gasteiger partial charge is 0.257 e. The molecule has 0 aliphatic carbocycles. The number of ether oxygens (including phenoxy) is 1. The van der Waals surface area contributed by atoms with Crippen LogP contribution in [-0.2, 0) is 9.59 Å². The number of benzene rings is 1. The molecule has 3 amide bonds. The predicted molar refractivity (Wildman–Crippen MR) is 123 cm³/mol. The molecule has 0 radical (unpaired) electrons. The summed E-state index contributed by atoms with van der Waals surface area (Å²) < 4.78 is 6.00. The van der Waals surface area contributed by atoms with Crippen molar-refractivity contribution < 1.29 is 19.1 Å². The van der Waals surface area contributed by atoms with Crippen molar-refractivity contribution in [1.82, 2.24) is 15.1 Å². The summed E-state index contributed by atoms with van der Waals surface area (Å²) in [5, 5.41) is 2.84. The van der Waals surface area contributed by atoms with Gasteiger partial charge in [0, 0.05) is 33.1 Å². The number of piperidine rings is 1. The maximum atomic E-state index is 13.2. The van der Waals surface area contributed by atoms with Gasteiger partial charge < -0.3 is 19.9 Å². The summed E-state index contributed by atoms with van der Waals surface area (Å²) in [4.78, 5) is 42.6. The number of carbonyl (C=O) groups excluding carboxylic acids is 3. The fourth-order valence-corrected chi connectivity index (χ4v) is 4.80. The molecule has 2 bridgehead atoms. The molecule has 0 unspecified atom stereocenters. The Morgan fingerprint density at radius 1 is 1.06 bits per heavy atom. The Morgan fingerprint density at radius 2 is 1.78 bits per heavy atom. The summed E-state index contributed by atoms with van der Waals surface area (Å²) in [6.45, 7) is 6.69. The Kier molecular flexibility index (Phi) is 8.15. The zero-order chi connectivity index (χ0) is 23.1. The first-order chi connectivity index (χ1) is 15.4. The molecule has 7 heteroatoms. The lowest BCUT2D eigenvalue weighted by Crippen LogP contribution is -2.49. The Balaban J connectivity index is 1.85. The molecule has 0 spiro atoms. The minimum absolute atomic E-state index is 0.0605. The van der Waals surface area contributed by atoms with Crippen molar-refractivity contribution in [1.29, 1.82) is 0 Å². The Morgan fingerprint density at radius 3 is 2.47 bits per heavy atom. The standard InChI is InChI=1S/C25H37N3O4/c1-19(2)18-22(29)27-13-7-6-10-25(24(31)26-3)11-14-28(15-12-25)23(30)20-8-4-5-9-21(20)32-17-16-27/h4-5,8-9,19H,6-7,10-18H2,1-3H3,(H,26,31). The van der Waals surface area contributed by atoms with E-state index >= 15 is 0 Å². The van der Waals surface area contributed by atoms with Gasteiger partial charge in [0.15, 0.2) is 0 Å². The van der Waals surface area contributed by atoms with Gasteiger partial charge in [0.05, 0.1) is 17.5 Å². The molecule has 0 aromatic heterocycles. The minimum Gasteiger partial charge on any atom is -0.491 e. The Hall–Kier alpha value is -2.57. The Labute approximate surface area is 191 Å². The van der Waals surface area contributed by atoms with Crippen LogP contribution in [0, 0.1) is 11.3 Å². The third-order valence-electron chi connectivity index (χ3n) is 6.72.